The molecule has 1 heterocycles. The van der Waals surface area contributed by atoms with E-state index in [1.54, 1.807) is 0 Å². The highest BCUT2D eigenvalue weighted by Crippen LogP contribution is 2.22. The maximum Gasteiger partial charge on any atom is 0.0461 e. The number of nitrogens with zero attached hydrogens (tertiary/aromatic N) is 2. The number of nitrogens with two attached hydrogens (primary N) is 1. The molecule has 0 spiro atoms. The minimum Gasteiger partial charge on any atom is -0.398 e. The highest BCUT2D eigenvalue weighted by Gasteiger charge is 2.20. The van der Waals surface area contributed by atoms with Gasteiger partial charge in [-0.1, -0.05) is 6.07 Å². The van der Waals surface area contributed by atoms with Gasteiger partial charge in [0.25, 0.3) is 0 Å². The summed E-state index contributed by atoms with van der Waals surface area (Å²) >= 11 is 3.43. The molecule has 18 heavy (non-hydrogen) atoms. The fraction of sp³-hybridized carbons (Fsp3) is 0.571. The first-order valence-corrected chi connectivity index (χ1v) is 7.28. The molecule has 1 aliphatic heterocycles. The second kappa shape index (κ2) is 6.04. The zero-order valence-corrected chi connectivity index (χ0v) is 12.8. The van der Waals surface area contributed by atoms with Crippen LogP contribution in [0.3, 0.4) is 0 Å². The van der Waals surface area contributed by atoms with Gasteiger partial charge in [-0.2, -0.15) is 0 Å². The summed E-state index contributed by atoms with van der Waals surface area (Å²) in [6, 6.07) is 6.94. The lowest BCUT2D eigenvalue weighted by atomic mass is 10.0. The maximum atomic E-state index is 5.92. The lowest BCUT2D eigenvalue weighted by Crippen LogP contribution is -2.41. The second-order valence-electron chi connectivity index (χ2n) is 5.31. The number of rotatable bonds is 3. The molecule has 0 bridgehead atoms. The van der Waals surface area contributed by atoms with E-state index in [0.29, 0.717) is 6.04 Å². The first-order valence-electron chi connectivity index (χ1n) is 6.49. The van der Waals surface area contributed by atoms with Crippen molar-refractivity contribution in [1.82, 2.24) is 9.80 Å². The largest absolute Gasteiger partial charge is 0.398 e. The topological polar surface area (TPSA) is 32.5 Å². The van der Waals surface area contributed by atoms with E-state index in [1.165, 1.54) is 31.5 Å². The van der Waals surface area contributed by atoms with Gasteiger partial charge in [0.05, 0.1) is 0 Å². The normalized spacial score (nSPS) is 18.4. The standard InChI is InChI=1S/C14H22BrN3/c1-17-7-5-12(6-8-17)18(2)10-11-3-4-13(15)14(16)9-11/h3-4,9,12H,5-8,10,16H2,1-2H3. The Morgan fingerprint density at radius 3 is 2.67 bits per heavy atom. The van der Waals surface area contributed by atoms with E-state index in [-0.39, 0.29) is 0 Å². The van der Waals surface area contributed by atoms with Gasteiger partial charge in [-0.3, -0.25) is 4.90 Å². The van der Waals surface area contributed by atoms with Crippen molar-refractivity contribution in [3.63, 3.8) is 0 Å². The molecule has 0 radical (unpaired) electrons. The fourth-order valence-electron chi connectivity index (χ4n) is 2.54. The molecule has 1 aromatic carbocycles. The van der Waals surface area contributed by atoms with Crippen molar-refractivity contribution in [2.75, 3.05) is 32.9 Å². The molecule has 2 N–H and O–H groups in total. The highest BCUT2D eigenvalue weighted by molar-refractivity contribution is 9.10. The molecule has 1 aliphatic rings. The van der Waals surface area contributed by atoms with Crippen molar-refractivity contribution >= 4 is 21.6 Å². The molecule has 3 nitrogen and oxygen atoms in total. The van der Waals surface area contributed by atoms with E-state index in [2.05, 4.69) is 52.0 Å². The Hall–Kier alpha value is -0.580. The summed E-state index contributed by atoms with van der Waals surface area (Å²) in [7, 11) is 4.42. The lowest BCUT2D eigenvalue weighted by Gasteiger charge is -2.35. The number of likely N-dealkylation sites (tertiary alicyclic amines) is 1. The summed E-state index contributed by atoms with van der Waals surface area (Å²) < 4.78 is 0.980. The van der Waals surface area contributed by atoms with Gasteiger partial charge >= 0.3 is 0 Å². The average Bonchev–Trinajstić information content (AvgIpc) is 2.34. The molecule has 0 saturated carbocycles. The van der Waals surface area contributed by atoms with Crippen molar-refractivity contribution in [2.24, 2.45) is 0 Å². The first kappa shape index (κ1) is 13.8. The van der Waals surface area contributed by atoms with E-state index < -0.39 is 0 Å². The van der Waals surface area contributed by atoms with Crippen LogP contribution in [0.25, 0.3) is 0 Å². The zero-order chi connectivity index (χ0) is 13.1. The van der Waals surface area contributed by atoms with Gasteiger partial charge in [0.15, 0.2) is 0 Å². The van der Waals surface area contributed by atoms with Crippen molar-refractivity contribution in [2.45, 2.75) is 25.4 Å². The minimum atomic E-state index is 0.700. The van der Waals surface area contributed by atoms with Crippen LogP contribution in [-0.4, -0.2) is 43.0 Å². The smallest absolute Gasteiger partial charge is 0.0461 e. The van der Waals surface area contributed by atoms with Gasteiger partial charge in [0.1, 0.15) is 0 Å². The van der Waals surface area contributed by atoms with Crippen LogP contribution in [-0.2, 0) is 6.54 Å². The van der Waals surface area contributed by atoms with Crippen molar-refractivity contribution in [3.05, 3.63) is 28.2 Å². The van der Waals surface area contributed by atoms with Gasteiger partial charge in [0.2, 0.25) is 0 Å². The first-order chi connectivity index (χ1) is 8.56. The van der Waals surface area contributed by atoms with Gasteiger partial charge in [0, 0.05) is 22.7 Å². The van der Waals surface area contributed by atoms with Crippen LogP contribution in [0, 0.1) is 0 Å². The number of hydrogen-bond donors (Lipinski definition) is 1. The van der Waals surface area contributed by atoms with Crippen LogP contribution in [0.1, 0.15) is 18.4 Å². The monoisotopic (exact) mass is 311 g/mol. The van der Waals surface area contributed by atoms with Crippen molar-refractivity contribution in [3.8, 4) is 0 Å². The quantitative estimate of drug-likeness (QED) is 0.871. The SMILES string of the molecule is CN1CCC(N(C)Cc2ccc(Br)c(N)c2)CC1. The molecule has 0 unspecified atom stereocenters. The Bertz CT molecular complexity index is 400. The summed E-state index contributed by atoms with van der Waals surface area (Å²) in [4.78, 5) is 4.86. The predicted molar refractivity (Wildman–Crippen MR) is 80.5 cm³/mol. The second-order valence-corrected chi connectivity index (χ2v) is 6.16. The minimum absolute atomic E-state index is 0.700. The molecular weight excluding hydrogens is 290 g/mol. The van der Waals surface area contributed by atoms with Crippen molar-refractivity contribution in [1.29, 1.82) is 0 Å². The molecule has 0 aromatic heterocycles. The number of piperidine rings is 1. The number of halogens is 1. The summed E-state index contributed by atoms with van der Waals surface area (Å²) in [5.41, 5.74) is 8.03. The third-order valence-electron chi connectivity index (χ3n) is 3.80. The fourth-order valence-corrected chi connectivity index (χ4v) is 2.79. The molecule has 2 rings (SSSR count). The Morgan fingerprint density at radius 2 is 2.06 bits per heavy atom. The van der Waals surface area contributed by atoms with Crippen LogP contribution < -0.4 is 5.73 Å². The van der Waals surface area contributed by atoms with Gasteiger partial charge < -0.3 is 10.6 Å². The molecule has 0 atom stereocenters. The van der Waals surface area contributed by atoms with Crippen LogP contribution >= 0.6 is 15.9 Å². The van der Waals surface area contributed by atoms with Crippen LogP contribution in [0.4, 0.5) is 5.69 Å². The third kappa shape index (κ3) is 3.46. The van der Waals surface area contributed by atoms with Crippen molar-refractivity contribution < 1.29 is 0 Å². The van der Waals surface area contributed by atoms with E-state index in [4.69, 9.17) is 5.73 Å². The van der Waals surface area contributed by atoms with Gasteiger partial charge in [-0.05, 0) is 73.7 Å². The molecule has 100 valence electrons. The van der Waals surface area contributed by atoms with E-state index in [9.17, 15) is 0 Å². The van der Waals surface area contributed by atoms with E-state index >= 15 is 0 Å². The average molecular weight is 312 g/mol. The summed E-state index contributed by atoms with van der Waals surface area (Å²) in [5.74, 6) is 0. The number of nitrogen functional groups attached to an aromatic ring is 1. The zero-order valence-electron chi connectivity index (χ0n) is 11.2. The van der Waals surface area contributed by atoms with Crippen LogP contribution in [0.5, 0.6) is 0 Å². The predicted octanol–water partition coefficient (Wildman–Crippen LogP) is 2.56. The Labute approximate surface area is 118 Å². The number of benzene rings is 1. The van der Waals surface area contributed by atoms with Crippen LogP contribution in [0.15, 0.2) is 22.7 Å². The molecule has 0 aliphatic carbocycles. The van der Waals surface area contributed by atoms with E-state index in [1.807, 2.05) is 6.07 Å². The lowest BCUT2D eigenvalue weighted by molar-refractivity contribution is 0.139. The molecule has 1 fully saturated rings. The third-order valence-corrected chi connectivity index (χ3v) is 4.53. The number of hydrogen-bond acceptors (Lipinski definition) is 3. The summed E-state index contributed by atoms with van der Waals surface area (Å²) in [5, 5.41) is 0. The molecule has 0 amide bonds. The highest BCUT2D eigenvalue weighted by atomic mass is 79.9. The summed E-state index contributed by atoms with van der Waals surface area (Å²) in [6.07, 6.45) is 2.53. The Balaban J connectivity index is 1.94. The Kier molecular flexibility index (Phi) is 4.65. The maximum absolute atomic E-state index is 5.92. The number of anilines is 1. The molecule has 1 saturated heterocycles. The van der Waals surface area contributed by atoms with Gasteiger partial charge in [-0.15, -0.1) is 0 Å². The molecule has 1 aromatic rings. The van der Waals surface area contributed by atoms with Gasteiger partial charge in [-0.25, -0.2) is 0 Å². The molecular formula is C14H22BrN3. The van der Waals surface area contributed by atoms with E-state index in [0.717, 1.165) is 16.7 Å². The molecule has 4 heteroatoms. The van der Waals surface area contributed by atoms with Crippen LogP contribution in [0.2, 0.25) is 0 Å². The summed E-state index contributed by atoms with van der Waals surface area (Å²) in [6.45, 7) is 3.39. The Morgan fingerprint density at radius 1 is 1.39 bits per heavy atom.